The van der Waals surface area contributed by atoms with Crippen LogP contribution < -0.4 is 5.62 Å². The molecule has 0 aliphatic heterocycles. The predicted molar refractivity (Wildman–Crippen MR) is 51.8 cm³/mol. The van der Waals surface area contributed by atoms with Gasteiger partial charge in [0.25, 0.3) is 0 Å². The van der Waals surface area contributed by atoms with Crippen LogP contribution in [0.5, 0.6) is 0 Å². The van der Waals surface area contributed by atoms with Gasteiger partial charge in [-0.25, -0.2) is 4.79 Å². The molecular weight excluding hydrogens is 182 g/mol. The number of imidazole rings is 1. The van der Waals surface area contributed by atoms with Crippen molar-refractivity contribution in [3.8, 4) is 0 Å². The van der Waals surface area contributed by atoms with Gasteiger partial charge in [-0.3, -0.25) is 0 Å². The number of hydrogen-bond donors (Lipinski definition) is 0. The SMILES string of the molecule is COC(=O)/N=c1\n(C)ccn1C(C)C. The monoisotopic (exact) mass is 197 g/mol. The van der Waals surface area contributed by atoms with Crippen molar-refractivity contribution in [3.05, 3.63) is 18.0 Å². The standard InChI is InChI=1S/C9H15N3O2/c1-7(2)12-6-5-11(3)8(12)10-9(13)14-4/h5-7H,1-4H3/b10-8+. The Balaban J connectivity index is 3.24. The summed E-state index contributed by atoms with van der Waals surface area (Å²) < 4.78 is 8.16. The maximum Gasteiger partial charge on any atom is 0.436 e. The van der Waals surface area contributed by atoms with Crippen LogP contribution >= 0.6 is 0 Å². The summed E-state index contributed by atoms with van der Waals surface area (Å²) >= 11 is 0. The van der Waals surface area contributed by atoms with Crippen LogP contribution in [0, 0.1) is 0 Å². The Bertz CT molecular complexity index is 387. The van der Waals surface area contributed by atoms with Crippen molar-refractivity contribution >= 4 is 6.09 Å². The summed E-state index contributed by atoms with van der Waals surface area (Å²) in [5.74, 6) is 0. The molecule has 78 valence electrons. The van der Waals surface area contributed by atoms with E-state index < -0.39 is 6.09 Å². The summed E-state index contributed by atoms with van der Waals surface area (Å²) in [7, 11) is 3.15. The third-order valence-electron chi connectivity index (χ3n) is 1.92. The van der Waals surface area contributed by atoms with E-state index in [2.05, 4.69) is 9.73 Å². The molecule has 0 aliphatic rings. The molecule has 1 heterocycles. The minimum Gasteiger partial charge on any atom is -0.451 e. The van der Waals surface area contributed by atoms with Gasteiger partial charge in [-0.2, -0.15) is 0 Å². The Morgan fingerprint density at radius 2 is 2.14 bits per heavy atom. The van der Waals surface area contributed by atoms with Gasteiger partial charge >= 0.3 is 6.09 Å². The van der Waals surface area contributed by atoms with E-state index in [0.29, 0.717) is 5.62 Å². The van der Waals surface area contributed by atoms with Gasteiger partial charge in [-0.15, -0.1) is 4.99 Å². The van der Waals surface area contributed by atoms with Crippen LogP contribution in [0.1, 0.15) is 19.9 Å². The van der Waals surface area contributed by atoms with Gasteiger partial charge in [0.05, 0.1) is 7.11 Å². The summed E-state index contributed by atoms with van der Waals surface area (Å²) in [6.45, 7) is 4.05. The van der Waals surface area contributed by atoms with E-state index in [1.54, 1.807) is 4.57 Å². The van der Waals surface area contributed by atoms with Gasteiger partial charge in [0.2, 0.25) is 5.62 Å². The Labute approximate surface area is 82.6 Å². The quantitative estimate of drug-likeness (QED) is 0.676. The second-order valence-electron chi connectivity index (χ2n) is 3.29. The second kappa shape index (κ2) is 4.13. The van der Waals surface area contributed by atoms with E-state index in [9.17, 15) is 4.79 Å². The number of amides is 1. The van der Waals surface area contributed by atoms with E-state index in [1.165, 1.54) is 7.11 Å². The molecule has 0 bridgehead atoms. The average Bonchev–Trinajstić information content (AvgIpc) is 2.48. The van der Waals surface area contributed by atoms with Crippen LogP contribution in [0.2, 0.25) is 0 Å². The van der Waals surface area contributed by atoms with E-state index >= 15 is 0 Å². The van der Waals surface area contributed by atoms with Crippen LogP contribution in [0.25, 0.3) is 0 Å². The first-order valence-electron chi connectivity index (χ1n) is 4.42. The first-order chi connectivity index (χ1) is 6.56. The molecule has 0 aliphatic carbocycles. The lowest BCUT2D eigenvalue weighted by Gasteiger charge is -2.06. The Morgan fingerprint density at radius 1 is 1.50 bits per heavy atom. The van der Waals surface area contributed by atoms with Crippen LogP contribution in [0.3, 0.4) is 0 Å². The highest BCUT2D eigenvalue weighted by Gasteiger charge is 2.04. The number of aromatic nitrogens is 2. The Hall–Kier alpha value is -1.52. The van der Waals surface area contributed by atoms with Gasteiger partial charge in [0.15, 0.2) is 0 Å². The van der Waals surface area contributed by atoms with Crippen molar-refractivity contribution in [2.45, 2.75) is 19.9 Å². The molecule has 5 heteroatoms. The van der Waals surface area contributed by atoms with Crippen LogP contribution in [0.4, 0.5) is 4.79 Å². The van der Waals surface area contributed by atoms with Crippen molar-refractivity contribution in [3.63, 3.8) is 0 Å². The van der Waals surface area contributed by atoms with Crippen LogP contribution in [0.15, 0.2) is 17.4 Å². The van der Waals surface area contributed by atoms with Crippen molar-refractivity contribution in [2.75, 3.05) is 7.11 Å². The zero-order valence-electron chi connectivity index (χ0n) is 8.89. The number of ether oxygens (including phenoxy) is 1. The third-order valence-corrected chi connectivity index (χ3v) is 1.92. The molecule has 0 N–H and O–H groups in total. The largest absolute Gasteiger partial charge is 0.451 e. The van der Waals surface area contributed by atoms with Crippen molar-refractivity contribution in [1.82, 2.24) is 9.13 Å². The van der Waals surface area contributed by atoms with E-state index in [4.69, 9.17) is 0 Å². The molecule has 1 aromatic rings. The molecule has 0 atom stereocenters. The second-order valence-corrected chi connectivity index (χ2v) is 3.29. The number of methoxy groups -OCH3 is 1. The molecule has 0 saturated heterocycles. The molecule has 1 aromatic heterocycles. The van der Waals surface area contributed by atoms with Crippen LogP contribution in [-0.2, 0) is 11.8 Å². The van der Waals surface area contributed by atoms with Crippen LogP contribution in [-0.4, -0.2) is 22.3 Å². The van der Waals surface area contributed by atoms with E-state index in [1.807, 2.05) is 37.9 Å². The van der Waals surface area contributed by atoms with Gasteiger partial charge in [0.1, 0.15) is 0 Å². The minimum absolute atomic E-state index is 0.264. The highest BCUT2D eigenvalue weighted by Crippen LogP contribution is 1.98. The summed E-state index contributed by atoms with van der Waals surface area (Å²) in [6, 6.07) is 0.264. The molecule has 5 nitrogen and oxygen atoms in total. The lowest BCUT2D eigenvalue weighted by Crippen LogP contribution is -2.26. The fraction of sp³-hybridized carbons (Fsp3) is 0.556. The molecule has 0 saturated carbocycles. The normalized spacial score (nSPS) is 12.2. The van der Waals surface area contributed by atoms with Crippen molar-refractivity contribution in [2.24, 2.45) is 12.0 Å². The summed E-state index contributed by atoms with van der Waals surface area (Å²) in [6.07, 6.45) is 3.15. The number of nitrogens with zero attached hydrogens (tertiary/aromatic N) is 3. The molecular formula is C9H15N3O2. The first-order valence-corrected chi connectivity index (χ1v) is 4.42. The van der Waals surface area contributed by atoms with Gasteiger partial charge in [0, 0.05) is 25.5 Å². The van der Waals surface area contributed by atoms with Gasteiger partial charge in [-0.1, -0.05) is 0 Å². The summed E-state index contributed by atoms with van der Waals surface area (Å²) in [5, 5.41) is 0. The third kappa shape index (κ3) is 2.04. The van der Waals surface area contributed by atoms with Crippen molar-refractivity contribution < 1.29 is 9.53 Å². The zero-order valence-corrected chi connectivity index (χ0v) is 8.89. The molecule has 0 radical (unpaired) electrons. The fourth-order valence-corrected chi connectivity index (χ4v) is 1.15. The number of rotatable bonds is 1. The first kappa shape index (κ1) is 10.6. The van der Waals surface area contributed by atoms with Crippen molar-refractivity contribution in [1.29, 1.82) is 0 Å². The van der Waals surface area contributed by atoms with Gasteiger partial charge in [-0.05, 0) is 13.8 Å². The topological polar surface area (TPSA) is 48.5 Å². The Kier molecular flexibility index (Phi) is 3.11. The lowest BCUT2D eigenvalue weighted by atomic mass is 10.4. The van der Waals surface area contributed by atoms with E-state index in [-0.39, 0.29) is 6.04 Å². The molecule has 0 aromatic carbocycles. The number of carbonyl (C=O) groups is 1. The smallest absolute Gasteiger partial charge is 0.436 e. The molecule has 1 amide bonds. The predicted octanol–water partition coefficient (Wildman–Crippen LogP) is 1.07. The Morgan fingerprint density at radius 3 is 2.64 bits per heavy atom. The van der Waals surface area contributed by atoms with Gasteiger partial charge < -0.3 is 13.9 Å². The maximum absolute atomic E-state index is 11.0. The summed E-state index contributed by atoms with van der Waals surface area (Å²) in [4.78, 5) is 14.8. The maximum atomic E-state index is 11.0. The number of hydrogen-bond acceptors (Lipinski definition) is 2. The highest BCUT2D eigenvalue weighted by molar-refractivity contribution is 5.67. The zero-order chi connectivity index (χ0) is 10.7. The number of aryl methyl sites for hydroxylation is 1. The number of carbonyl (C=O) groups excluding carboxylic acids is 1. The molecule has 0 spiro atoms. The average molecular weight is 197 g/mol. The van der Waals surface area contributed by atoms with E-state index in [0.717, 1.165) is 0 Å². The molecule has 14 heavy (non-hydrogen) atoms. The fourth-order valence-electron chi connectivity index (χ4n) is 1.15. The molecule has 1 rings (SSSR count). The summed E-state index contributed by atoms with van der Waals surface area (Å²) in [5.41, 5.74) is 0.590. The molecule has 0 unspecified atom stereocenters. The lowest BCUT2D eigenvalue weighted by molar-refractivity contribution is 0.181. The molecule has 0 fully saturated rings. The minimum atomic E-state index is -0.582. The highest BCUT2D eigenvalue weighted by atomic mass is 16.5.